The summed E-state index contributed by atoms with van der Waals surface area (Å²) in [7, 11) is 5.92. The van der Waals surface area contributed by atoms with E-state index < -0.39 is 0 Å². The first-order valence-corrected chi connectivity index (χ1v) is 6.41. The van der Waals surface area contributed by atoms with Gasteiger partial charge in [0, 0.05) is 52.6 Å². The molecule has 100 valence electrons. The first-order valence-electron chi connectivity index (χ1n) is 6.41. The Kier molecular flexibility index (Phi) is 4.22. The minimum atomic E-state index is 0.329. The van der Waals surface area contributed by atoms with Crippen molar-refractivity contribution < 1.29 is 4.74 Å². The highest BCUT2D eigenvalue weighted by molar-refractivity contribution is 5.58. The maximum Gasteiger partial charge on any atom is 0.0590 e. The predicted octanol–water partition coefficient (Wildman–Crippen LogP) is 1.21. The normalized spacial score (nSPS) is 19.0. The van der Waals surface area contributed by atoms with Crippen LogP contribution in [0.2, 0.25) is 0 Å². The summed E-state index contributed by atoms with van der Waals surface area (Å²) >= 11 is 0. The quantitative estimate of drug-likeness (QED) is 0.852. The zero-order valence-electron chi connectivity index (χ0n) is 11.5. The number of hydrogen-bond donors (Lipinski definition) is 1. The summed E-state index contributed by atoms with van der Waals surface area (Å²) in [5.41, 5.74) is 10.0. The molecule has 1 aromatic carbocycles. The number of nitrogens with two attached hydrogens (primary N) is 1. The second kappa shape index (κ2) is 5.69. The van der Waals surface area contributed by atoms with Crippen molar-refractivity contribution in [2.75, 3.05) is 45.8 Å². The van der Waals surface area contributed by atoms with E-state index in [4.69, 9.17) is 10.5 Å². The average Bonchev–Trinajstić information content (AvgIpc) is 2.73. The molecule has 1 aromatic rings. The molecule has 0 saturated carbocycles. The summed E-state index contributed by atoms with van der Waals surface area (Å²) in [4.78, 5) is 4.58. The lowest BCUT2D eigenvalue weighted by Gasteiger charge is -2.23. The van der Waals surface area contributed by atoms with E-state index in [2.05, 4.69) is 42.1 Å². The van der Waals surface area contributed by atoms with Gasteiger partial charge >= 0.3 is 0 Å². The van der Waals surface area contributed by atoms with Crippen LogP contribution >= 0.6 is 0 Å². The third-order valence-corrected chi connectivity index (χ3v) is 3.64. The number of hydrogen-bond acceptors (Lipinski definition) is 4. The van der Waals surface area contributed by atoms with Crippen molar-refractivity contribution in [3.8, 4) is 0 Å². The standard InChI is InChI=1S/C14H23N3O/c1-16(2)13-6-4-5-11-12(13)10-17(7-8-18-3)14(11)9-15/h4-6,14H,7-10,15H2,1-3H3. The molecule has 0 radical (unpaired) electrons. The van der Waals surface area contributed by atoms with Crippen molar-refractivity contribution in [1.29, 1.82) is 0 Å². The van der Waals surface area contributed by atoms with Crippen LogP contribution in [-0.2, 0) is 11.3 Å². The minimum Gasteiger partial charge on any atom is -0.383 e. The Bertz CT molecular complexity index is 406. The Balaban J connectivity index is 2.28. The molecule has 0 fully saturated rings. The van der Waals surface area contributed by atoms with E-state index in [0.717, 1.165) is 19.7 Å². The molecule has 0 saturated heterocycles. The molecular weight excluding hydrogens is 226 g/mol. The van der Waals surface area contributed by atoms with Gasteiger partial charge < -0.3 is 15.4 Å². The van der Waals surface area contributed by atoms with E-state index in [-0.39, 0.29) is 0 Å². The van der Waals surface area contributed by atoms with Gasteiger partial charge in [0.05, 0.1) is 6.61 Å². The Morgan fingerprint density at radius 1 is 1.44 bits per heavy atom. The van der Waals surface area contributed by atoms with Crippen LogP contribution in [0.15, 0.2) is 18.2 Å². The molecule has 18 heavy (non-hydrogen) atoms. The van der Waals surface area contributed by atoms with Gasteiger partial charge in [-0.3, -0.25) is 4.90 Å². The number of fused-ring (bicyclic) bond motifs is 1. The average molecular weight is 249 g/mol. The molecule has 0 bridgehead atoms. The van der Waals surface area contributed by atoms with Crippen LogP contribution in [0, 0.1) is 0 Å². The Morgan fingerprint density at radius 3 is 2.83 bits per heavy atom. The van der Waals surface area contributed by atoms with Crippen molar-refractivity contribution in [3.63, 3.8) is 0 Å². The van der Waals surface area contributed by atoms with Gasteiger partial charge in [-0.25, -0.2) is 0 Å². The van der Waals surface area contributed by atoms with Crippen LogP contribution in [0.1, 0.15) is 17.2 Å². The lowest BCUT2D eigenvalue weighted by Crippen LogP contribution is -2.30. The van der Waals surface area contributed by atoms with Crippen molar-refractivity contribution in [1.82, 2.24) is 4.90 Å². The van der Waals surface area contributed by atoms with E-state index in [1.54, 1.807) is 7.11 Å². The van der Waals surface area contributed by atoms with Crippen molar-refractivity contribution in [2.24, 2.45) is 5.73 Å². The fourth-order valence-corrected chi connectivity index (χ4v) is 2.72. The number of benzene rings is 1. The van der Waals surface area contributed by atoms with Crippen LogP contribution in [-0.4, -0.2) is 45.8 Å². The van der Waals surface area contributed by atoms with Gasteiger partial charge in [-0.1, -0.05) is 12.1 Å². The van der Waals surface area contributed by atoms with Crippen LogP contribution < -0.4 is 10.6 Å². The van der Waals surface area contributed by atoms with Gasteiger partial charge in [0.1, 0.15) is 0 Å². The molecule has 1 heterocycles. The molecule has 0 amide bonds. The number of rotatable bonds is 5. The number of ether oxygens (including phenoxy) is 1. The highest BCUT2D eigenvalue weighted by Gasteiger charge is 2.30. The SMILES string of the molecule is COCCN1Cc2c(cccc2N(C)C)C1CN. The van der Waals surface area contributed by atoms with Gasteiger partial charge in [0.25, 0.3) is 0 Å². The topological polar surface area (TPSA) is 41.7 Å². The first kappa shape index (κ1) is 13.3. The Morgan fingerprint density at radius 2 is 2.22 bits per heavy atom. The van der Waals surface area contributed by atoms with E-state index in [1.807, 2.05) is 0 Å². The number of methoxy groups -OCH3 is 1. The van der Waals surface area contributed by atoms with Crippen LogP contribution in [0.4, 0.5) is 5.69 Å². The molecule has 1 atom stereocenters. The van der Waals surface area contributed by atoms with Crippen molar-refractivity contribution >= 4 is 5.69 Å². The van der Waals surface area contributed by atoms with Gasteiger partial charge in [-0.05, 0) is 17.2 Å². The molecule has 0 spiro atoms. The maximum absolute atomic E-state index is 5.94. The third-order valence-electron chi connectivity index (χ3n) is 3.64. The molecule has 1 aliphatic heterocycles. The summed E-state index contributed by atoms with van der Waals surface area (Å²) in [6.07, 6.45) is 0. The number of anilines is 1. The zero-order chi connectivity index (χ0) is 13.1. The van der Waals surface area contributed by atoms with E-state index in [1.165, 1.54) is 16.8 Å². The molecule has 4 heteroatoms. The largest absolute Gasteiger partial charge is 0.383 e. The molecule has 2 N–H and O–H groups in total. The second-order valence-corrected chi connectivity index (χ2v) is 4.95. The van der Waals surface area contributed by atoms with Gasteiger partial charge in [0.2, 0.25) is 0 Å². The second-order valence-electron chi connectivity index (χ2n) is 4.95. The maximum atomic E-state index is 5.94. The van der Waals surface area contributed by atoms with Crippen LogP contribution in [0.25, 0.3) is 0 Å². The molecule has 2 rings (SSSR count). The van der Waals surface area contributed by atoms with Crippen LogP contribution in [0.3, 0.4) is 0 Å². The van der Waals surface area contributed by atoms with E-state index in [0.29, 0.717) is 12.6 Å². The lowest BCUT2D eigenvalue weighted by atomic mass is 10.0. The summed E-state index contributed by atoms with van der Waals surface area (Å²) in [6, 6.07) is 6.82. The third kappa shape index (κ3) is 2.36. The van der Waals surface area contributed by atoms with Gasteiger partial charge in [-0.15, -0.1) is 0 Å². The minimum absolute atomic E-state index is 0.329. The highest BCUT2D eigenvalue weighted by atomic mass is 16.5. The molecule has 4 nitrogen and oxygen atoms in total. The number of nitrogens with zero attached hydrogens (tertiary/aromatic N) is 2. The monoisotopic (exact) mass is 249 g/mol. The summed E-state index contributed by atoms with van der Waals surface area (Å²) < 4.78 is 5.18. The van der Waals surface area contributed by atoms with Crippen molar-refractivity contribution in [3.05, 3.63) is 29.3 Å². The smallest absolute Gasteiger partial charge is 0.0590 e. The summed E-state index contributed by atoms with van der Waals surface area (Å²) in [6.45, 7) is 3.31. The molecule has 1 aliphatic rings. The van der Waals surface area contributed by atoms with E-state index >= 15 is 0 Å². The summed E-state index contributed by atoms with van der Waals surface area (Å²) in [5.74, 6) is 0. The predicted molar refractivity (Wildman–Crippen MR) is 74.9 cm³/mol. The summed E-state index contributed by atoms with van der Waals surface area (Å²) in [5, 5.41) is 0. The highest BCUT2D eigenvalue weighted by Crippen LogP contribution is 2.37. The first-order chi connectivity index (χ1) is 8.69. The molecule has 0 aromatic heterocycles. The molecule has 0 aliphatic carbocycles. The Hall–Kier alpha value is -1.10. The molecule has 1 unspecified atom stereocenters. The fraction of sp³-hybridized carbons (Fsp3) is 0.571. The molecular formula is C14H23N3O. The van der Waals surface area contributed by atoms with Crippen LogP contribution in [0.5, 0.6) is 0 Å². The van der Waals surface area contributed by atoms with Crippen molar-refractivity contribution in [2.45, 2.75) is 12.6 Å². The van der Waals surface area contributed by atoms with E-state index in [9.17, 15) is 0 Å². The van der Waals surface area contributed by atoms with Gasteiger partial charge in [-0.2, -0.15) is 0 Å². The fourth-order valence-electron chi connectivity index (χ4n) is 2.72. The lowest BCUT2D eigenvalue weighted by molar-refractivity contribution is 0.128. The Labute approximate surface area is 109 Å². The zero-order valence-corrected chi connectivity index (χ0v) is 11.5. The van der Waals surface area contributed by atoms with Gasteiger partial charge in [0.15, 0.2) is 0 Å².